The van der Waals surface area contributed by atoms with Gasteiger partial charge in [0.25, 0.3) is 0 Å². The predicted octanol–water partition coefficient (Wildman–Crippen LogP) is 5.67. The Kier molecular flexibility index (Phi) is 13.5. The number of hydrogen-bond acceptors (Lipinski definition) is 4. The minimum atomic E-state index is -0.571. The van der Waals surface area contributed by atoms with Crippen LogP contribution >= 0.6 is 0 Å². The molecule has 0 aromatic heterocycles. The topological polar surface area (TPSA) is 79.5 Å². The van der Waals surface area contributed by atoms with Crippen molar-refractivity contribution >= 4 is 17.9 Å². The zero-order chi connectivity index (χ0) is 26.2. The van der Waals surface area contributed by atoms with Crippen LogP contribution in [0.4, 0.5) is 0 Å². The molecular formula is C30H43N3O3. The molecular weight excluding hydrogens is 450 g/mol. The van der Waals surface area contributed by atoms with E-state index in [1.165, 1.54) is 0 Å². The van der Waals surface area contributed by atoms with Gasteiger partial charge in [-0.3, -0.25) is 19.9 Å². The van der Waals surface area contributed by atoms with Crippen molar-refractivity contribution < 1.29 is 14.4 Å². The zero-order valence-corrected chi connectivity index (χ0v) is 22.2. The molecule has 0 saturated heterocycles. The second kappa shape index (κ2) is 16.7. The van der Waals surface area contributed by atoms with Crippen LogP contribution in [0, 0.1) is 23.7 Å². The quantitative estimate of drug-likeness (QED) is 0.263. The molecule has 36 heavy (non-hydrogen) atoms. The Labute approximate surface area is 216 Å². The normalized spacial score (nSPS) is 13.2. The number of amides is 2. The van der Waals surface area contributed by atoms with E-state index < -0.39 is 11.8 Å². The summed E-state index contributed by atoms with van der Waals surface area (Å²) in [5, 5.41) is 0. The van der Waals surface area contributed by atoms with Gasteiger partial charge in [0, 0.05) is 6.54 Å². The fourth-order valence-corrected chi connectivity index (χ4v) is 4.12. The lowest BCUT2D eigenvalue weighted by Gasteiger charge is -2.26. The Bertz CT molecular complexity index is 912. The number of allylic oxidation sites excluding steroid dienone is 1. The second-order valence-corrected chi connectivity index (χ2v) is 9.68. The molecule has 196 valence electrons. The van der Waals surface area contributed by atoms with Gasteiger partial charge in [-0.15, -0.1) is 0 Å². The van der Waals surface area contributed by atoms with Gasteiger partial charge >= 0.3 is 0 Å². The van der Waals surface area contributed by atoms with E-state index in [0.717, 1.165) is 24.0 Å². The number of benzene rings is 2. The fourth-order valence-electron chi connectivity index (χ4n) is 4.12. The molecule has 2 atom stereocenters. The molecule has 0 fully saturated rings. The van der Waals surface area contributed by atoms with Crippen LogP contribution < -0.4 is 16.3 Å². The van der Waals surface area contributed by atoms with Crippen LogP contribution in [0.3, 0.4) is 0 Å². The molecule has 2 amide bonds. The Morgan fingerprint density at radius 2 is 1.53 bits per heavy atom. The SMILES string of the molecule is CCC(CC)CNNC(=O)[C@H](CC(C)C)[C@H](C/C=C/c1ccccc1)C(=O)NOCc1ccccc1. The van der Waals surface area contributed by atoms with E-state index in [1.54, 1.807) is 0 Å². The zero-order valence-electron chi connectivity index (χ0n) is 22.2. The number of carbonyl (C=O) groups is 2. The van der Waals surface area contributed by atoms with Gasteiger partial charge in [0.05, 0.1) is 18.4 Å². The molecule has 6 heteroatoms. The highest BCUT2D eigenvalue weighted by Crippen LogP contribution is 2.25. The minimum Gasteiger partial charge on any atom is -0.291 e. The van der Waals surface area contributed by atoms with E-state index in [9.17, 15) is 9.59 Å². The highest BCUT2D eigenvalue weighted by molar-refractivity contribution is 5.87. The molecule has 6 nitrogen and oxygen atoms in total. The first-order valence-electron chi connectivity index (χ1n) is 13.1. The Morgan fingerprint density at radius 3 is 2.14 bits per heavy atom. The van der Waals surface area contributed by atoms with Crippen molar-refractivity contribution in [1.29, 1.82) is 0 Å². The van der Waals surface area contributed by atoms with Crippen LogP contribution in [0.25, 0.3) is 6.08 Å². The summed E-state index contributed by atoms with van der Waals surface area (Å²) in [6.07, 6.45) is 7.06. The van der Waals surface area contributed by atoms with Crippen molar-refractivity contribution in [3.63, 3.8) is 0 Å². The van der Waals surface area contributed by atoms with Gasteiger partial charge in [0.2, 0.25) is 11.8 Å². The summed E-state index contributed by atoms with van der Waals surface area (Å²) in [5.41, 5.74) is 10.6. The van der Waals surface area contributed by atoms with Crippen molar-refractivity contribution in [3.05, 3.63) is 77.9 Å². The number of nitrogens with one attached hydrogen (secondary N) is 3. The molecule has 0 aliphatic carbocycles. The Balaban J connectivity index is 2.13. The molecule has 0 heterocycles. The molecule has 3 N–H and O–H groups in total. The molecule has 2 rings (SSSR count). The summed E-state index contributed by atoms with van der Waals surface area (Å²) in [4.78, 5) is 32.1. The highest BCUT2D eigenvalue weighted by Gasteiger charge is 2.33. The maximum absolute atomic E-state index is 13.3. The van der Waals surface area contributed by atoms with Gasteiger partial charge < -0.3 is 0 Å². The smallest absolute Gasteiger partial charge is 0.247 e. The number of rotatable bonds is 16. The minimum absolute atomic E-state index is 0.161. The number of hydrazine groups is 1. The Morgan fingerprint density at radius 1 is 0.889 bits per heavy atom. The first-order valence-corrected chi connectivity index (χ1v) is 13.1. The van der Waals surface area contributed by atoms with E-state index in [1.807, 2.05) is 72.8 Å². The van der Waals surface area contributed by atoms with Crippen LogP contribution in [-0.4, -0.2) is 18.4 Å². The molecule has 0 aliphatic heterocycles. The standard InChI is InChI=1S/C30H43N3O3/c1-5-24(6-2)21-31-32-29(34)28(20-23(3)4)27(19-13-18-25-14-9-7-10-15-25)30(35)33-36-22-26-16-11-8-12-17-26/h7-18,23-24,27-28,31H,5-6,19-22H2,1-4H3,(H,32,34)(H,33,35)/b18-13+/t27-,28+/m0/s1. The van der Waals surface area contributed by atoms with Crippen molar-refractivity contribution in [1.82, 2.24) is 16.3 Å². The Hall–Kier alpha value is -2.96. The molecule has 0 unspecified atom stereocenters. The third-order valence-electron chi connectivity index (χ3n) is 6.40. The summed E-state index contributed by atoms with van der Waals surface area (Å²) in [7, 11) is 0. The summed E-state index contributed by atoms with van der Waals surface area (Å²) in [6.45, 7) is 9.40. The number of hydroxylamine groups is 1. The van der Waals surface area contributed by atoms with E-state index in [4.69, 9.17) is 4.84 Å². The van der Waals surface area contributed by atoms with Crippen LogP contribution in [0.15, 0.2) is 66.7 Å². The first-order chi connectivity index (χ1) is 17.4. The first kappa shape index (κ1) is 29.3. The molecule has 2 aromatic rings. The highest BCUT2D eigenvalue weighted by atomic mass is 16.6. The van der Waals surface area contributed by atoms with Gasteiger partial charge in [-0.1, -0.05) is 113 Å². The van der Waals surface area contributed by atoms with Crippen molar-refractivity contribution in [3.8, 4) is 0 Å². The second-order valence-electron chi connectivity index (χ2n) is 9.68. The largest absolute Gasteiger partial charge is 0.291 e. The van der Waals surface area contributed by atoms with Gasteiger partial charge in [-0.25, -0.2) is 10.9 Å². The number of hydrogen-bond donors (Lipinski definition) is 3. The molecule has 0 radical (unpaired) electrons. The van der Waals surface area contributed by atoms with Gasteiger partial charge in [-0.05, 0) is 35.8 Å². The van der Waals surface area contributed by atoms with Crippen LogP contribution in [0.1, 0.15) is 64.5 Å². The average molecular weight is 494 g/mol. The monoisotopic (exact) mass is 493 g/mol. The molecule has 0 bridgehead atoms. The third kappa shape index (κ3) is 10.8. The fraction of sp³-hybridized carbons (Fsp3) is 0.467. The van der Waals surface area contributed by atoms with Crippen molar-refractivity contribution in [2.24, 2.45) is 23.7 Å². The lowest BCUT2D eigenvalue weighted by Crippen LogP contribution is -2.48. The van der Waals surface area contributed by atoms with Crippen molar-refractivity contribution in [2.45, 2.75) is 60.0 Å². The van der Waals surface area contributed by atoms with Crippen LogP contribution in [-0.2, 0) is 21.0 Å². The number of carbonyl (C=O) groups excluding carboxylic acids is 2. The van der Waals surface area contributed by atoms with Gasteiger partial charge in [-0.2, -0.15) is 0 Å². The summed E-state index contributed by atoms with van der Waals surface area (Å²) in [6, 6.07) is 19.6. The maximum Gasteiger partial charge on any atom is 0.247 e. The lowest BCUT2D eigenvalue weighted by molar-refractivity contribution is -0.145. The van der Waals surface area contributed by atoms with E-state index in [-0.39, 0.29) is 24.3 Å². The molecule has 0 saturated carbocycles. The lowest BCUT2D eigenvalue weighted by atomic mass is 9.82. The van der Waals surface area contributed by atoms with E-state index in [0.29, 0.717) is 25.3 Å². The van der Waals surface area contributed by atoms with Gasteiger partial charge in [0.1, 0.15) is 0 Å². The third-order valence-corrected chi connectivity index (χ3v) is 6.40. The van der Waals surface area contributed by atoms with Crippen LogP contribution in [0.5, 0.6) is 0 Å². The molecule has 0 aliphatic rings. The predicted molar refractivity (Wildman–Crippen MR) is 146 cm³/mol. The molecule has 0 spiro atoms. The summed E-state index contributed by atoms with van der Waals surface area (Å²) in [5.74, 6) is -0.778. The van der Waals surface area contributed by atoms with Crippen LogP contribution in [0.2, 0.25) is 0 Å². The average Bonchev–Trinajstić information content (AvgIpc) is 2.89. The molecule has 2 aromatic carbocycles. The van der Waals surface area contributed by atoms with Gasteiger partial charge in [0.15, 0.2) is 0 Å². The summed E-state index contributed by atoms with van der Waals surface area (Å²) < 4.78 is 0. The summed E-state index contributed by atoms with van der Waals surface area (Å²) >= 11 is 0. The van der Waals surface area contributed by atoms with Crippen molar-refractivity contribution in [2.75, 3.05) is 6.54 Å². The van der Waals surface area contributed by atoms with E-state index in [2.05, 4.69) is 44.0 Å². The maximum atomic E-state index is 13.3. The van der Waals surface area contributed by atoms with E-state index >= 15 is 0 Å².